The molecule has 1 amide bonds. The maximum atomic E-state index is 12.6. The highest BCUT2D eigenvalue weighted by Crippen LogP contribution is 2.32. The van der Waals surface area contributed by atoms with E-state index in [0.29, 0.717) is 24.9 Å². The zero-order valence-corrected chi connectivity index (χ0v) is 14.8. The quantitative estimate of drug-likeness (QED) is 0.232. The van der Waals surface area contributed by atoms with E-state index in [9.17, 15) is 14.4 Å². The normalized spacial score (nSPS) is 10.7. The topological polar surface area (TPSA) is 157 Å². The molecule has 0 unspecified atom stereocenters. The van der Waals surface area contributed by atoms with Crippen molar-refractivity contribution < 1.29 is 24.3 Å². The van der Waals surface area contributed by atoms with Crippen molar-refractivity contribution in [3.8, 4) is 0 Å². The summed E-state index contributed by atoms with van der Waals surface area (Å²) in [7, 11) is 0. The molecule has 0 aliphatic heterocycles. The molecule has 1 aromatic rings. The summed E-state index contributed by atoms with van der Waals surface area (Å²) in [4.78, 5) is 42.9. The van der Waals surface area contributed by atoms with E-state index in [2.05, 4.69) is 15.3 Å². The van der Waals surface area contributed by atoms with E-state index in [4.69, 9.17) is 16.6 Å². The van der Waals surface area contributed by atoms with Crippen molar-refractivity contribution in [2.75, 3.05) is 0 Å². The van der Waals surface area contributed by atoms with Gasteiger partial charge in [-0.2, -0.15) is 5.48 Å². The van der Waals surface area contributed by atoms with Gasteiger partial charge >= 0.3 is 11.9 Å². The van der Waals surface area contributed by atoms with E-state index < -0.39 is 29.7 Å². The molecule has 0 fully saturated rings. The molecule has 0 heterocycles. The van der Waals surface area contributed by atoms with Gasteiger partial charge < -0.3 is 21.4 Å². The van der Waals surface area contributed by atoms with Crippen molar-refractivity contribution in [2.45, 2.75) is 39.5 Å². The molecular formula is C17H24N4O5. The number of hydroxylamine groups is 1. The SMILES string of the molecule is CCC(CC)(Cc1cccc(N=C(N)N)c1)C(=O)NOC(=O)CC(=O)O. The minimum absolute atomic E-state index is 0.0671. The number of aliphatic imine (C=N–C) groups is 1. The highest BCUT2D eigenvalue weighted by Gasteiger charge is 2.36. The van der Waals surface area contributed by atoms with Gasteiger partial charge in [-0.05, 0) is 37.0 Å². The number of nitrogens with zero attached hydrogens (tertiary/aromatic N) is 1. The number of carbonyl (C=O) groups is 3. The van der Waals surface area contributed by atoms with Crippen LogP contribution in [0.3, 0.4) is 0 Å². The molecule has 0 spiro atoms. The lowest BCUT2D eigenvalue weighted by Crippen LogP contribution is -2.43. The fourth-order valence-corrected chi connectivity index (χ4v) is 2.55. The summed E-state index contributed by atoms with van der Waals surface area (Å²) >= 11 is 0. The molecule has 0 bridgehead atoms. The van der Waals surface area contributed by atoms with E-state index >= 15 is 0 Å². The van der Waals surface area contributed by atoms with Crippen LogP contribution in [-0.4, -0.2) is 28.9 Å². The zero-order chi connectivity index (χ0) is 19.7. The Morgan fingerprint density at radius 3 is 2.42 bits per heavy atom. The third kappa shape index (κ3) is 6.08. The largest absolute Gasteiger partial charge is 0.481 e. The third-order valence-electron chi connectivity index (χ3n) is 4.10. The summed E-state index contributed by atoms with van der Waals surface area (Å²) in [5.41, 5.74) is 13.4. The molecule has 142 valence electrons. The molecule has 0 radical (unpaired) electrons. The number of nitrogens with two attached hydrogens (primary N) is 2. The van der Waals surface area contributed by atoms with Crippen molar-refractivity contribution >= 4 is 29.5 Å². The Hall–Kier alpha value is -3.10. The number of carbonyl (C=O) groups excluding carboxylic acids is 2. The predicted octanol–water partition coefficient (Wildman–Crippen LogP) is 0.990. The van der Waals surface area contributed by atoms with Crippen LogP contribution >= 0.6 is 0 Å². The van der Waals surface area contributed by atoms with Gasteiger partial charge in [0.25, 0.3) is 5.91 Å². The molecule has 26 heavy (non-hydrogen) atoms. The highest BCUT2D eigenvalue weighted by atomic mass is 16.7. The van der Waals surface area contributed by atoms with E-state index in [-0.39, 0.29) is 5.96 Å². The molecule has 6 N–H and O–H groups in total. The molecule has 0 saturated heterocycles. The molecular weight excluding hydrogens is 340 g/mol. The van der Waals surface area contributed by atoms with Gasteiger partial charge in [0.15, 0.2) is 5.96 Å². The number of benzene rings is 1. The first-order chi connectivity index (χ1) is 12.2. The summed E-state index contributed by atoms with van der Waals surface area (Å²) in [6, 6.07) is 7.12. The molecule has 0 aliphatic rings. The lowest BCUT2D eigenvalue weighted by atomic mass is 9.76. The average molecular weight is 364 g/mol. The summed E-state index contributed by atoms with van der Waals surface area (Å²) in [5.74, 6) is -2.93. The van der Waals surface area contributed by atoms with Gasteiger partial charge in [-0.15, -0.1) is 0 Å². The first-order valence-electron chi connectivity index (χ1n) is 8.13. The summed E-state index contributed by atoms with van der Waals surface area (Å²) in [6.07, 6.45) is 0.513. The monoisotopic (exact) mass is 364 g/mol. The van der Waals surface area contributed by atoms with E-state index in [1.165, 1.54) is 0 Å². The van der Waals surface area contributed by atoms with Crippen molar-refractivity contribution in [2.24, 2.45) is 21.9 Å². The van der Waals surface area contributed by atoms with Crippen LogP contribution in [0.25, 0.3) is 0 Å². The molecule has 9 heteroatoms. The van der Waals surface area contributed by atoms with Crippen LogP contribution < -0.4 is 16.9 Å². The minimum atomic E-state index is -1.34. The molecule has 0 atom stereocenters. The molecule has 1 aromatic carbocycles. The van der Waals surface area contributed by atoms with Crippen LogP contribution in [0.5, 0.6) is 0 Å². The number of nitrogens with one attached hydrogen (secondary N) is 1. The molecule has 0 saturated carbocycles. The Bertz CT molecular complexity index is 694. The highest BCUT2D eigenvalue weighted by molar-refractivity contribution is 5.91. The van der Waals surface area contributed by atoms with E-state index in [1.54, 1.807) is 18.2 Å². The van der Waals surface area contributed by atoms with Crippen LogP contribution in [0.1, 0.15) is 38.7 Å². The van der Waals surface area contributed by atoms with Crippen LogP contribution in [-0.2, 0) is 25.6 Å². The number of hydrogen-bond donors (Lipinski definition) is 4. The number of rotatable bonds is 8. The first-order valence-corrected chi connectivity index (χ1v) is 8.13. The number of amides is 1. The Morgan fingerprint density at radius 2 is 1.88 bits per heavy atom. The van der Waals surface area contributed by atoms with Crippen LogP contribution in [0.2, 0.25) is 0 Å². The summed E-state index contributed by atoms with van der Waals surface area (Å²) in [5, 5.41) is 8.54. The van der Waals surface area contributed by atoms with Crippen molar-refractivity contribution in [3.63, 3.8) is 0 Å². The fraction of sp³-hybridized carbons (Fsp3) is 0.412. The average Bonchev–Trinajstić information content (AvgIpc) is 2.56. The predicted molar refractivity (Wildman–Crippen MR) is 95.1 cm³/mol. The lowest BCUT2D eigenvalue weighted by Gasteiger charge is -2.29. The van der Waals surface area contributed by atoms with Crippen LogP contribution in [0.4, 0.5) is 5.69 Å². The number of carboxylic acid groups (broad SMARTS) is 1. The van der Waals surface area contributed by atoms with Crippen molar-refractivity contribution in [3.05, 3.63) is 29.8 Å². The molecule has 0 aliphatic carbocycles. The number of hydrogen-bond acceptors (Lipinski definition) is 5. The Kier molecular flexibility index (Phi) is 7.57. The van der Waals surface area contributed by atoms with Crippen LogP contribution in [0.15, 0.2) is 29.3 Å². The van der Waals surface area contributed by atoms with Gasteiger partial charge in [-0.1, -0.05) is 26.0 Å². The molecule has 0 aromatic heterocycles. The van der Waals surface area contributed by atoms with Gasteiger partial charge in [0.2, 0.25) is 0 Å². The smallest absolute Gasteiger partial charge is 0.343 e. The lowest BCUT2D eigenvalue weighted by molar-refractivity contribution is -0.165. The fourth-order valence-electron chi connectivity index (χ4n) is 2.55. The second kappa shape index (κ2) is 9.40. The first kappa shape index (κ1) is 20.9. The zero-order valence-electron chi connectivity index (χ0n) is 14.8. The number of aliphatic carboxylic acids is 1. The second-order valence-electron chi connectivity index (χ2n) is 5.85. The number of guanidine groups is 1. The maximum absolute atomic E-state index is 12.6. The van der Waals surface area contributed by atoms with Gasteiger partial charge in [-0.25, -0.2) is 9.79 Å². The number of carboxylic acids is 1. The second-order valence-corrected chi connectivity index (χ2v) is 5.85. The van der Waals surface area contributed by atoms with Gasteiger partial charge in [0.05, 0.1) is 11.1 Å². The van der Waals surface area contributed by atoms with Crippen molar-refractivity contribution in [1.82, 2.24) is 5.48 Å². The minimum Gasteiger partial charge on any atom is -0.481 e. The van der Waals surface area contributed by atoms with Gasteiger partial charge in [0, 0.05) is 0 Å². The Balaban J connectivity index is 2.92. The summed E-state index contributed by atoms with van der Waals surface area (Å²) in [6.45, 7) is 3.70. The van der Waals surface area contributed by atoms with Gasteiger partial charge in [-0.3, -0.25) is 9.59 Å². The Morgan fingerprint density at radius 1 is 1.23 bits per heavy atom. The van der Waals surface area contributed by atoms with Crippen molar-refractivity contribution in [1.29, 1.82) is 0 Å². The standard InChI is InChI=1S/C17H24N4O5/c1-3-17(4-2,15(25)21-26-14(24)9-13(22)23)10-11-6-5-7-12(8-11)20-16(18)19/h5-8H,3-4,9-10H2,1-2H3,(H,21,25)(H,22,23)(H4,18,19,20). The summed E-state index contributed by atoms with van der Waals surface area (Å²) < 4.78 is 0. The van der Waals surface area contributed by atoms with Gasteiger partial charge in [0.1, 0.15) is 6.42 Å². The molecule has 1 rings (SSSR count). The third-order valence-corrected chi connectivity index (χ3v) is 4.10. The van der Waals surface area contributed by atoms with E-state index in [1.807, 2.05) is 19.9 Å². The van der Waals surface area contributed by atoms with E-state index in [0.717, 1.165) is 5.56 Å². The molecule has 9 nitrogen and oxygen atoms in total. The Labute approximate surface area is 151 Å². The van der Waals surface area contributed by atoms with Crippen LogP contribution in [0, 0.1) is 5.41 Å². The maximum Gasteiger partial charge on any atom is 0.343 e.